The topological polar surface area (TPSA) is 63.8 Å². The summed E-state index contributed by atoms with van der Waals surface area (Å²) < 4.78 is 0. The average Bonchev–Trinajstić information content (AvgIpc) is 2.32. The number of hydrogen-bond acceptors (Lipinski definition) is 5. The van der Waals surface area contributed by atoms with Crippen LogP contribution in [-0.2, 0) is 0 Å². The van der Waals surface area contributed by atoms with Crippen molar-refractivity contribution in [3.05, 3.63) is 11.9 Å². The van der Waals surface area contributed by atoms with E-state index in [-0.39, 0.29) is 0 Å². The number of hydrazine groups is 1. The molecule has 17 heavy (non-hydrogen) atoms. The van der Waals surface area contributed by atoms with Gasteiger partial charge in [-0.3, -0.25) is 0 Å². The van der Waals surface area contributed by atoms with E-state index in [2.05, 4.69) is 22.3 Å². The summed E-state index contributed by atoms with van der Waals surface area (Å²) in [5, 5.41) is 1.75. The van der Waals surface area contributed by atoms with Gasteiger partial charge in [-0.05, 0) is 25.7 Å². The fraction of sp³-hybridized carbons (Fsp3) is 0.667. The minimum Gasteiger partial charge on any atom is -0.308 e. The second-order valence-electron chi connectivity index (χ2n) is 4.81. The van der Waals surface area contributed by atoms with Crippen LogP contribution in [0.5, 0.6) is 0 Å². The van der Waals surface area contributed by atoms with E-state index in [0.29, 0.717) is 5.25 Å². The van der Waals surface area contributed by atoms with Crippen molar-refractivity contribution < 1.29 is 0 Å². The Morgan fingerprint density at radius 2 is 2.24 bits per heavy atom. The Bertz CT molecular complexity index is 383. The molecule has 2 unspecified atom stereocenters. The molecule has 0 saturated heterocycles. The van der Waals surface area contributed by atoms with Gasteiger partial charge in [-0.1, -0.05) is 19.8 Å². The van der Waals surface area contributed by atoms with Crippen LogP contribution in [0.3, 0.4) is 0 Å². The first-order chi connectivity index (χ1) is 8.20. The molecule has 0 radical (unpaired) electrons. The maximum absolute atomic E-state index is 5.43. The zero-order chi connectivity index (χ0) is 12.3. The second-order valence-corrected chi connectivity index (χ2v) is 6.10. The van der Waals surface area contributed by atoms with Crippen LogP contribution in [0, 0.1) is 12.8 Å². The van der Waals surface area contributed by atoms with Crippen LogP contribution in [0.1, 0.15) is 38.2 Å². The number of nitrogens with one attached hydrogen (secondary N) is 1. The molecule has 1 aromatic rings. The molecule has 1 aromatic heterocycles. The molecule has 5 heteroatoms. The van der Waals surface area contributed by atoms with Crippen LogP contribution in [-0.4, -0.2) is 15.2 Å². The van der Waals surface area contributed by atoms with Crippen LogP contribution in [0.2, 0.25) is 0 Å². The third-order valence-electron chi connectivity index (χ3n) is 3.34. The molecule has 0 amide bonds. The summed E-state index contributed by atoms with van der Waals surface area (Å²) in [4.78, 5) is 8.47. The Morgan fingerprint density at radius 1 is 1.41 bits per heavy atom. The summed E-state index contributed by atoms with van der Waals surface area (Å²) in [7, 11) is 0. The van der Waals surface area contributed by atoms with Crippen molar-refractivity contribution in [3.63, 3.8) is 0 Å². The summed E-state index contributed by atoms with van der Waals surface area (Å²) >= 11 is 1.88. The lowest BCUT2D eigenvalue weighted by Crippen LogP contribution is -2.16. The monoisotopic (exact) mass is 252 g/mol. The van der Waals surface area contributed by atoms with E-state index in [1.54, 1.807) is 6.33 Å². The quantitative estimate of drug-likeness (QED) is 0.492. The molecule has 1 aliphatic rings. The minimum absolute atomic E-state index is 0.693. The number of nitrogens with two attached hydrogens (primary N) is 1. The number of aromatic nitrogens is 2. The molecule has 1 heterocycles. The van der Waals surface area contributed by atoms with Gasteiger partial charge in [-0.15, -0.1) is 11.8 Å². The fourth-order valence-corrected chi connectivity index (χ4v) is 3.75. The number of anilines is 1. The van der Waals surface area contributed by atoms with Crippen LogP contribution in [0.4, 0.5) is 5.82 Å². The van der Waals surface area contributed by atoms with E-state index in [1.807, 2.05) is 18.7 Å². The van der Waals surface area contributed by atoms with Crippen LogP contribution in [0.25, 0.3) is 0 Å². The van der Waals surface area contributed by atoms with Crippen LogP contribution in [0.15, 0.2) is 11.4 Å². The first-order valence-corrected chi connectivity index (χ1v) is 7.03. The average molecular weight is 252 g/mol. The minimum atomic E-state index is 0.693. The molecule has 2 atom stereocenters. The molecular formula is C12H20N4S. The lowest BCUT2D eigenvalue weighted by molar-refractivity contribution is 0.394. The van der Waals surface area contributed by atoms with Gasteiger partial charge in [-0.2, -0.15) is 0 Å². The summed E-state index contributed by atoms with van der Waals surface area (Å²) in [6, 6.07) is 0. The second kappa shape index (κ2) is 5.69. The van der Waals surface area contributed by atoms with E-state index < -0.39 is 0 Å². The van der Waals surface area contributed by atoms with Gasteiger partial charge in [-0.25, -0.2) is 15.8 Å². The molecule has 2 rings (SSSR count). The van der Waals surface area contributed by atoms with Crippen molar-refractivity contribution in [2.45, 2.75) is 49.8 Å². The third-order valence-corrected chi connectivity index (χ3v) is 4.74. The molecule has 0 bridgehead atoms. The standard InChI is InChI=1S/C12H20N4S/c1-8-4-3-5-10(6-8)17-12-9(2)11(16-13)14-7-15-12/h7-8,10H,3-6,13H2,1-2H3,(H,14,15,16). The first-order valence-electron chi connectivity index (χ1n) is 6.15. The van der Waals surface area contributed by atoms with Crippen LogP contribution < -0.4 is 11.3 Å². The molecule has 0 aromatic carbocycles. The van der Waals surface area contributed by atoms with E-state index >= 15 is 0 Å². The molecule has 0 aliphatic heterocycles. The zero-order valence-electron chi connectivity index (χ0n) is 10.4. The lowest BCUT2D eigenvalue weighted by Gasteiger charge is -2.26. The van der Waals surface area contributed by atoms with Crippen molar-refractivity contribution >= 4 is 17.6 Å². The highest BCUT2D eigenvalue weighted by Crippen LogP contribution is 2.37. The number of hydrogen-bond donors (Lipinski definition) is 2. The van der Waals surface area contributed by atoms with Crippen molar-refractivity contribution in [1.29, 1.82) is 0 Å². The zero-order valence-corrected chi connectivity index (χ0v) is 11.3. The predicted octanol–water partition coefficient (Wildman–Crippen LogP) is 2.74. The molecule has 4 nitrogen and oxygen atoms in total. The van der Waals surface area contributed by atoms with E-state index in [0.717, 1.165) is 22.3 Å². The molecular weight excluding hydrogens is 232 g/mol. The van der Waals surface area contributed by atoms with Gasteiger partial charge in [0.15, 0.2) is 0 Å². The van der Waals surface area contributed by atoms with Crippen LogP contribution >= 0.6 is 11.8 Å². The molecule has 3 N–H and O–H groups in total. The SMILES string of the molecule is Cc1c(NN)ncnc1SC1CCCC(C)C1. The Labute approximate surface area is 107 Å². The Kier molecular flexibility index (Phi) is 4.23. The Hall–Kier alpha value is -0.810. The van der Waals surface area contributed by atoms with Gasteiger partial charge in [0, 0.05) is 10.8 Å². The van der Waals surface area contributed by atoms with Gasteiger partial charge in [0.05, 0.1) is 0 Å². The smallest absolute Gasteiger partial charge is 0.147 e. The molecule has 94 valence electrons. The fourth-order valence-electron chi connectivity index (χ4n) is 2.34. The predicted molar refractivity (Wildman–Crippen MR) is 71.9 cm³/mol. The van der Waals surface area contributed by atoms with Gasteiger partial charge >= 0.3 is 0 Å². The lowest BCUT2D eigenvalue weighted by atomic mass is 9.91. The maximum atomic E-state index is 5.43. The molecule has 1 fully saturated rings. The summed E-state index contributed by atoms with van der Waals surface area (Å²) in [5.74, 6) is 7.00. The van der Waals surface area contributed by atoms with Gasteiger partial charge in [0.2, 0.25) is 0 Å². The van der Waals surface area contributed by atoms with E-state index in [9.17, 15) is 0 Å². The van der Waals surface area contributed by atoms with Gasteiger partial charge in [0.25, 0.3) is 0 Å². The summed E-state index contributed by atoms with van der Waals surface area (Å²) in [6.07, 6.45) is 6.88. The van der Waals surface area contributed by atoms with Crippen molar-refractivity contribution in [3.8, 4) is 0 Å². The van der Waals surface area contributed by atoms with Crippen molar-refractivity contribution in [2.24, 2.45) is 11.8 Å². The number of rotatable bonds is 3. The van der Waals surface area contributed by atoms with Gasteiger partial charge in [0.1, 0.15) is 17.2 Å². The van der Waals surface area contributed by atoms with E-state index in [4.69, 9.17) is 5.84 Å². The van der Waals surface area contributed by atoms with Gasteiger partial charge < -0.3 is 5.43 Å². The molecule has 1 aliphatic carbocycles. The number of nitrogen functional groups attached to an aromatic ring is 1. The highest BCUT2D eigenvalue weighted by Gasteiger charge is 2.21. The summed E-state index contributed by atoms with van der Waals surface area (Å²) in [6.45, 7) is 4.36. The van der Waals surface area contributed by atoms with Crippen molar-refractivity contribution in [2.75, 3.05) is 5.43 Å². The van der Waals surface area contributed by atoms with E-state index in [1.165, 1.54) is 25.7 Å². The Balaban J connectivity index is 2.07. The maximum Gasteiger partial charge on any atom is 0.147 e. The third kappa shape index (κ3) is 3.10. The largest absolute Gasteiger partial charge is 0.308 e. The first kappa shape index (κ1) is 12.6. The molecule has 0 spiro atoms. The number of nitrogens with zero attached hydrogens (tertiary/aromatic N) is 2. The summed E-state index contributed by atoms with van der Waals surface area (Å²) in [5.41, 5.74) is 3.67. The normalized spacial score (nSPS) is 24.6. The Morgan fingerprint density at radius 3 is 2.94 bits per heavy atom. The highest BCUT2D eigenvalue weighted by molar-refractivity contribution is 7.99. The van der Waals surface area contributed by atoms with Crippen molar-refractivity contribution in [1.82, 2.24) is 9.97 Å². The molecule has 1 saturated carbocycles. The number of thioether (sulfide) groups is 1. The highest BCUT2D eigenvalue weighted by atomic mass is 32.2.